The monoisotopic (exact) mass is 525 g/mol. The Morgan fingerprint density at radius 1 is 0.917 bits per heavy atom. The maximum atomic E-state index is 13.5. The minimum Gasteiger partial charge on any atom is -0.331 e. The van der Waals surface area contributed by atoms with Gasteiger partial charge in [-0.05, 0) is 48.4 Å². The SMILES string of the molecule is O=C(CN1CC(Cc2ccccc2)C(=O)N(S(=O)(=O)c2ccc(Cl)cc2)CC1=O)Nc1ccccc1. The van der Waals surface area contributed by atoms with E-state index < -0.39 is 40.2 Å². The molecule has 1 unspecified atom stereocenters. The van der Waals surface area contributed by atoms with Crippen molar-refractivity contribution in [3.05, 3.63) is 95.5 Å². The molecule has 0 radical (unpaired) electrons. The molecule has 8 nitrogen and oxygen atoms in total. The molecule has 0 spiro atoms. The fraction of sp³-hybridized carbons (Fsp3) is 0.192. The van der Waals surface area contributed by atoms with Crippen LogP contribution < -0.4 is 5.32 Å². The number of hydrogen-bond donors (Lipinski definition) is 1. The maximum Gasteiger partial charge on any atom is 0.266 e. The molecule has 3 aromatic carbocycles. The van der Waals surface area contributed by atoms with Crippen molar-refractivity contribution in [3.8, 4) is 0 Å². The lowest BCUT2D eigenvalue weighted by atomic mass is 9.98. The molecule has 1 aliphatic heterocycles. The number of rotatable bonds is 7. The minimum atomic E-state index is -4.33. The molecule has 1 saturated heterocycles. The van der Waals surface area contributed by atoms with Gasteiger partial charge in [0, 0.05) is 17.3 Å². The summed E-state index contributed by atoms with van der Waals surface area (Å²) in [6.07, 6.45) is 0.205. The quantitative estimate of drug-likeness (QED) is 0.510. The van der Waals surface area contributed by atoms with Gasteiger partial charge in [0.15, 0.2) is 0 Å². The van der Waals surface area contributed by atoms with Gasteiger partial charge in [-0.25, -0.2) is 12.7 Å². The summed E-state index contributed by atoms with van der Waals surface area (Å²) in [6, 6.07) is 23.3. The molecule has 36 heavy (non-hydrogen) atoms. The maximum absolute atomic E-state index is 13.5. The predicted octanol–water partition coefficient (Wildman–Crippen LogP) is 3.20. The summed E-state index contributed by atoms with van der Waals surface area (Å²) in [5.74, 6) is -2.66. The van der Waals surface area contributed by atoms with Crippen LogP contribution in [0.4, 0.5) is 5.69 Å². The third kappa shape index (κ3) is 5.92. The zero-order chi connectivity index (χ0) is 25.7. The van der Waals surface area contributed by atoms with Crippen molar-refractivity contribution in [1.29, 1.82) is 0 Å². The standard InChI is InChI=1S/C26H24ClN3O5S/c27-21-11-13-23(14-12-21)36(34,35)30-18-25(32)29(17-24(31)28-22-9-5-2-6-10-22)16-20(26(30)33)15-19-7-3-1-4-8-19/h1-14,20H,15-18H2,(H,28,31). The Balaban J connectivity index is 1.63. The van der Waals surface area contributed by atoms with Gasteiger partial charge >= 0.3 is 0 Å². The molecule has 4 rings (SSSR count). The summed E-state index contributed by atoms with van der Waals surface area (Å²) in [7, 11) is -4.33. The lowest BCUT2D eigenvalue weighted by Gasteiger charge is -2.23. The lowest BCUT2D eigenvalue weighted by molar-refractivity contribution is -0.134. The first-order valence-electron chi connectivity index (χ1n) is 11.2. The van der Waals surface area contributed by atoms with Gasteiger partial charge in [0.25, 0.3) is 10.0 Å². The van der Waals surface area contributed by atoms with Crippen LogP contribution in [0.5, 0.6) is 0 Å². The van der Waals surface area contributed by atoms with Crippen molar-refractivity contribution in [3.63, 3.8) is 0 Å². The number of para-hydroxylation sites is 1. The van der Waals surface area contributed by atoms with Crippen molar-refractivity contribution >= 4 is 45.0 Å². The molecule has 3 amide bonds. The molecule has 3 aromatic rings. The van der Waals surface area contributed by atoms with E-state index in [0.29, 0.717) is 15.0 Å². The molecule has 1 aliphatic rings. The summed E-state index contributed by atoms with van der Waals surface area (Å²) in [4.78, 5) is 40.5. The molecule has 0 aliphatic carbocycles. The summed E-state index contributed by atoms with van der Waals surface area (Å²) < 4.78 is 27.4. The Morgan fingerprint density at radius 3 is 2.17 bits per heavy atom. The molecule has 0 saturated carbocycles. The molecular formula is C26H24ClN3O5S. The first-order valence-corrected chi connectivity index (χ1v) is 13.0. The highest BCUT2D eigenvalue weighted by molar-refractivity contribution is 7.89. The zero-order valence-corrected chi connectivity index (χ0v) is 20.8. The lowest BCUT2D eigenvalue weighted by Crippen LogP contribution is -2.43. The second-order valence-corrected chi connectivity index (χ2v) is 10.7. The molecule has 186 valence electrons. The van der Waals surface area contributed by atoms with E-state index in [2.05, 4.69) is 5.32 Å². The van der Waals surface area contributed by atoms with Gasteiger partial charge in [0.2, 0.25) is 17.7 Å². The Hall–Kier alpha value is -3.69. The van der Waals surface area contributed by atoms with E-state index in [1.54, 1.807) is 24.3 Å². The van der Waals surface area contributed by atoms with Gasteiger partial charge in [-0.3, -0.25) is 14.4 Å². The van der Waals surface area contributed by atoms with Gasteiger partial charge in [0.05, 0.1) is 17.4 Å². The van der Waals surface area contributed by atoms with Crippen molar-refractivity contribution in [1.82, 2.24) is 9.21 Å². The van der Waals surface area contributed by atoms with E-state index in [-0.39, 0.29) is 24.4 Å². The topological polar surface area (TPSA) is 104 Å². The van der Waals surface area contributed by atoms with Crippen LogP contribution in [0.15, 0.2) is 89.8 Å². The predicted molar refractivity (Wildman–Crippen MR) is 136 cm³/mol. The summed E-state index contributed by atoms with van der Waals surface area (Å²) in [5, 5.41) is 3.05. The van der Waals surface area contributed by atoms with Gasteiger partial charge in [-0.1, -0.05) is 60.1 Å². The largest absolute Gasteiger partial charge is 0.331 e. The van der Waals surface area contributed by atoms with Gasteiger partial charge in [0.1, 0.15) is 6.54 Å². The van der Waals surface area contributed by atoms with Gasteiger partial charge in [-0.2, -0.15) is 0 Å². The van der Waals surface area contributed by atoms with Crippen LogP contribution in [0, 0.1) is 5.92 Å². The molecule has 10 heteroatoms. The van der Waals surface area contributed by atoms with E-state index in [4.69, 9.17) is 11.6 Å². The second kappa shape index (κ2) is 10.9. The van der Waals surface area contributed by atoms with Gasteiger partial charge < -0.3 is 10.2 Å². The highest BCUT2D eigenvalue weighted by atomic mass is 35.5. The number of carbonyl (C=O) groups is 3. The Kier molecular flexibility index (Phi) is 7.71. The highest BCUT2D eigenvalue weighted by Crippen LogP contribution is 2.25. The third-order valence-electron chi connectivity index (χ3n) is 5.79. The highest BCUT2D eigenvalue weighted by Gasteiger charge is 2.41. The molecule has 1 N–H and O–H groups in total. The van der Waals surface area contributed by atoms with Crippen molar-refractivity contribution in [2.24, 2.45) is 5.92 Å². The summed E-state index contributed by atoms with van der Waals surface area (Å²) in [6.45, 7) is -1.11. The smallest absolute Gasteiger partial charge is 0.266 e. The third-order valence-corrected chi connectivity index (χ3v) is 7.80. The number of nitrogens with one attached hydrogen (secondary N) is 1. The Labute approximate surface area is 214 Å². The number of halogens is 1. The number of nitrogens with zero attached hydrogens (tertiary/aromatic N) is 2. The first kappa shape index (κ1) is 25.4. The van der Waals surface area contributed by atoms with Crippen LogP contribution in [-0.4, -0.2) is 55.0 Å². The van der Waals surface area contributed by atoms with E-state index in [1.165, 1.54) is 29.2 Å². The van der Waals surface area contributed by atoms with Crippen molar-refractivity contribution in [2.75, 3.05) is 25.0 Å². The fourth-order valence-electron chi connectivity index (χ4n) is 3.99. The number of anilines is 1. The average Bonchev–Trinajstić information content (AvgIpc) is 2.98. The second-order valence-electron chi connectivity index (χ2n) is 8.38. The molecule has 0 bridgehead atoms. The fourth-order valence-corrected chi connectivity index (χ4v) is 5.51. The van der Waals surface area contributed by atoms with E-state index in [1.807, 2.05) is 36.4 Å². The molecule has 1 atom stereocenters. The summed E-state index contributed by atoms with van der Waals surface area (Å²) >= 11 is 5.89. The summed E-state index contributed by atoms with van der Waals surface area (Å²) in [5.41, 5.74) is 1.37. The van der Waals surface area contributed by atoms with Gasteiger partial charge in [-0.15, -0.1) is 0 Å². The Bertz CT molecular complexity index is 1350. The van der Waals surface area contributed by atoms with Crippen LogP contribution in [0.3, 0.4) is 0 Å². The number of benzene rings is 3. The number of amides is 3. The molecule has 1 heterocycles. The van der Waals surface area contributed by atoms with Crippen molar-refractivity contribution < 1.29 is 22.8 Å². The molecular weight excluding hydrogens is 502 g/mol. The van der Waals surface area contributed by atoms with Crippen molar-refractivity contribution in [2.45, 2.75) is 11.3 Å². The number of sulfonamides is 1. The average molecular weight is 526 g/mol. The number of carbonyl (C=O) groups excluding carboxylic acids is 3. The number of hydrogen-bond acceptors (Lipinski definition) is 5. The normalized spacial score (nSPS) is 16.5. The van der Waals surface area contributed by atoms with Crippen LogP contribution in [0.1, 0.15) is 5.56 Å². The van der Waals surface area contributed by atoms with Crippen LogP contribution in [0.25, 0.3) is 0 Å². The zero-order valence-electron chi connectivity index (χ0n) is 19.2. The van der Waals surface area contributed by atoms with Crippen LogP contribution >= 0.6 is 11.6 Å². The molecule has 0 aromatic heterocycles. The minimum absolute atomic E-state index is 0.0958. The Morgan fingerprint density at radius 2 is 1.53 bits per heavy atom. The van der Waals surface area contributed by atoms with Crippen LogP contribution in [0.2, 0.25) is 5.02 Å². The first-order chi connectivity index (χ1) is 17.2. The van der Waals surface area contributed by atoms with E-state index >= 15 is 0 Å². The van der Waals surface area contributed by atoms with E-state index in [9.17, 15) is 22.8 Å². The van der Waals surface area contributed by atoms with Crippen LogP contribution in [-0.2, 0) is 30.8 Å². The van der Waals surface area contributed by atoms with E-state index in [0.717, 1.165) is 5.56 Å². The molecule has 1 fully saturated rings.